The maximum Gasteiger partial charge on any atom is 0.135 e. The van der Waals surface area contributed by atoms with Crippen molar-refractivity contribution in [2.45, 2.75) is 13.3 Å². The van der Waals surface area contributed by atoms with Gasteiger partial charge in [0, 0.05) is 23.0 Å². The average Bonchev–Trinajstić information content (AvgIpc) is 3.58. The lowest BCUT2D eigenvalue weighted by atomic mass is 9.93. The zero-order chi connectivity index (χ0) is 36.1. The molecule has 0 spiro atoms. The van der Waals surface area contributed by atoms with Gasteiger partial charge in [0.2, 0.25) is 0 Å². The van der Waals surface area contributed by atoms with E-state index in [9.17, 15) is 0 Å². The summed E-state index contributed by atoms with van der Waals surface area (Å²) in [6.07, 6.45) is 21.1. The second-order valence-corrected chi connectivity index (χ2v) is 12.7. The molecule has 2 heteroatoms. The van der Waals surface area contributed by atoms with Crippen molar-refractivity contribution in [2.75, 3.05) is 0 Å². The van der Waals surface area contributed by atoms with E-state index in [0.29, 0.717) is 0 Å². The average molecular weight is 684 g/mol. The summed E-state index contributed by atoms with van der Waals surface area (Å²) in [7, 11) is 0. The van der Waals surface area contributed by atoms with Gasteiger partial charge in [-0.05, 0) is 93.8 Å². The zero-order valence-corrected chi connectivity index (χ0v) is 29.8. The first-order valence-electron chi connectivity index (χ1n) is 18.0. The molecule has 0 unspecified atom stereocenters. The predicted octanol–water partition coefficient (Wildman–Crippen LogP) is 12.0. The Hall–Kier alpha value is -6.77. The second-order valence-electron chi connectivity index (χ2n) is 12.7. The van der Waals surface area contributed by atoms with Crippen molar-refractivity contribution in [3.8, 4) is 33.4 Å². The molecule has 0 amide bonds. The van der Waals surface area contributed by atoms with E-state index in [4.69, 9.17) is 4.42 Å². The van der Waals surface area contributed by atoms with E-state index in [-0.39, 0.29) is 0 Å². The number of fused-ring (bicyclic) bond motifs is 1. The first-order chi connectivity index (χ1) is 26.3. The normalized spacial score (nSPS) is 13.1. The standard InChI is InChI=1S/C51H41NO/c1-2-3-28-50-48(49-38-45(33-34-51(49)53-50)42-31-29-41(30-32-42)40-20-9-5-10-21-40)35-37-52-36-16-25-44(24-15-19-39-17-7-4-8-18-39)47-27-14-13-26-46(47)43-22-11-6-12-23-43/h2-18,20-38H,19H2,1H3/b3-2-,24-15+,36-16-,44-25+,48-35+,50-28+,52-37+. The first-order valence-corrected chi connectivity index (χ1v) is 18.0. The van der Waals surface area contributed by atoms with Gasteiger partial charge in [-0.3, -0.25) is 4.99 Å². The quantitative estimate of drug-likeness (QED) is 0.0984. The van der Waals surface area contributed by atoms with Crippen LogP contribution in [0.15, 0.2) is 210 Å². The van der Waals surface area contributed by atoms with E-state index in [1.165, 1.54) is 33.4 Å². The van der Waals surface area contributed by atoms with Crippen molar-refractivity contribution in [1.29, 1.82) is 0 Å². The van der Waals surface area contributed by atoms with Gasteiger partial charge in [-0.1, -0.05) is 176 Å². The van der Waals surface area contributed by atoms with Crippen molar-refractivity contribution in [2.24, 2.45) is 4.99 Å². The van der Waals surface area contributed by atoms with Gasteiger partial charge in [-0.25, -0.2) is 0 Å². The van der Waals surface area contributed by atoms with Gasteiger partial charge in [0.1, 0.15) is 11.0 Å². The van der Waals surface area contributed by atoms with Gasteiger partial charge in [0.25, 0.3) is 0 Å². The molecule has 53 heavy (non-hydrogen) atoms. The van der Waals surface area contributed by atoms with Crippen LogP contribution in [0.1, 0.15) is 18.1 Å². The summed E-state index contributed by atoms with van der Waals surface area (Å²) < 4.78 is 6.31. The fourth-order valence-electron chi connectivity index (χ4n) is 6.42. The summed E-state index contributed by atoms with van der Waals surface area (Å²) >= 11 is 0. The fourth-order valence-corrected chi connectivity index (χ4v) is 6.42. The lowest BCUT2D eigenvalue weighted by molar-refractivity contribution is 0.576. The van der Waals surface area contributed by atoms with Crippen LogP contribution in [-0.4, -0.2) is 6.21 Å². The minimum absolute atomic E-state index is 0.799. The van der Waals surface area contributed by atoms with Crippen LogP contribution in [0.2, 0.25) is 0 Å². The van der Waals surface area contributed by atoms with Crippen molar-refractivity contribution in [1.82, 2.24) is 0 Å². The number of furan rings is 1. The minimum atomic E-state index is 0.799. The van der Waals surface area contributed by atoms with Crippen LogP contribution in [0, 0.1) is 0 Å². The Morgan fingerprint density at radius 1 is 0.604 bits per heavy atom. The Morgan fingerprint density at radius 3 is 1.96 bits per heavy atom. The smallest absolute Gasteiger partial charge is 0.135 e. The van der Waals surface area contributed by atoms with E-state index in [0.717, 1.165) is 44.7 Å². The Balaban J connectivity index is 1.19. The number of benzene rings is 6. The van der Waals surface area contributed by atoms with Gasteiger partial charge in [0.15, 0.2) is 0 Å². The third-order valence-electron chi connectivity index (χ3n) is 9.11. The van der Waals surface area contributed by atoms with Crippen LogP contribution in [0.3, 0.4) is 0 Å². The summed E-state index contributed by atoms with van der Waals surface area (Å²) in [5, 5.41) is 2.04. The van der Waals surface area contributed by atoms with Crippen LogP contribution < -0.4 is 10.6 Å². The molecule has 0 saturated carbocycles. The number of allylic oxidation sites excluding steroid dienone is 7. The van der Waals surface area contributed by atoms with Crippen molar-refractivity contribution >= 4 is 34.9 Å². The summed E-state index contributed by atoms with van der Waals surface area (Å²) in [5.74, 6) is 0. The number of hydrogen-bond acceptors (Lipinski definition) is 2. The van der Waals surface area contributed by atoms with Crippen molar-refractivity contribution < 1.29 is 4.42 Å². The maximum atomic E-state index is 6.31. The molecule has 0 bridgehead atoms. The molecule has 0 N–H and O–H groups in total. The number of aliphatic imine (C=N–C) groups is 1. The van der Waals surface area contributed by atoms with E-state index in [1.807, 2.05) is 55.8 Å². The zero-order valence-electron chi connectivity index (χ0n) is 29.8. The van der Waals surface area contributed by atoms with Gasteiger partial charge >= 0.3 is 0 Å². The highest BCUT2D eigenvalue weighted by Crippen LogP contribution is 2.30. The second kappa shape index (κ2) is 17.4. The summed E-state index contributed by atoms with van der Waals surface area (Å²) in [6, 6.07) is 55.2. The molecule has 0 atom stereocenters. The molecule has 0 saturated heterocycles. The Labute approximate surface area is 312 Å². The van der Waals surface area contributed by atoms with Gasteiger partial charge in [-0.2, -0.15) is 0 Å². The van der Waals surface area contributed by atoms with E-state index >= 15 is 0 Å². The van der Waals surface area contributed by atoms with Crippen LogP contribution in [0.25, 0.3) is 62.1 Å². The van der Waals surface area contributed by atoms with Gasteiger partial charge < -0.3 is 4.42 Å². The summed E-state index contributed by atoms with van der Waals surface area (Å²) in [5.41, 5.74) is 12.3. The number of rotatable bonds is 11. The lowest BCUT2D eigenvalue weighted by Crippen LogP contribution is -2.19. The fraction of sp³-hybridized carbons (Fsp3) is 0.0392. The molecule has 6 aromatic carbocycles. The van der Waals surface area contributed by atoms with E-state index in [1.54, 1.807) is 0 Å². The molecule has 1 aromatic heterocycles. The highest BCUT2D eigenvalue weighted by atomic mass is 16.3. The monoisotopic (exact) mass is 683 g/mol. The highest BCUT2D eigenvalue weighted by molar-refractivity contribution is 5.96. The van der Waals surface area contributed by atoms with Crippen LogP contribution in [-0.2, 0) is 6.42 Å². The summed E-state index contributed by atoms with van der Waals surface area (Å²) in [6.45, 7) is 2.00. The lowest BCUT2D eigenvalue weighted by Gasteiger charge is -2.11. The highest BCUT2D eigenvalue weighted by Gasteiger charge is 2.08. The molecule has 0 aliphatic heterocycles. The Kier molecular flexibility index (Phi) is 11.4. The SMILES string of the molecule is C\C=C/C=c1/oc2ccc(-c3ccc(-c4ccccc4)cc3)cc2/c1=C\C=N\C=C/C=C(\C=C\Cc1ccccc1)c1ccccc1-c1ccccc1. The van der Waals surface area contributed by atoms with Gasteiger partial charge in [-0.15, -0.1) is 0 Å². The largest absolute Gasteiger partial charge is 0.456 e. The molecule has 2 nitrogen and oxygen atoms in total. The number of nitrogens with zero attached hydrogens (tertiary/aromatic N) is 1. The van der Waals surface area contributed by atoms with Crippen LogP contribution >= 0.6 is 0 Å². The third-order valence-corrected chi connectivity index (χ3v) is 9.11. The molecular formula is C51H41NO. The molecule has 1 heterocycles. The molecule has 0 fully saturated rings. The molecule has 256 valence electrons. The topological polar surface area (TPSA) is 25.5 Å². The Morgan fingerprint density at radius 2 is 1.23 bits per heavy atom. The molecular weight excluding hydrogens is 643 g/mol. The minimum Gasteiger partial charge on any atom is -0.456 e. The van der Waals surface area contributed by atoms with Gasteiger partial charge in [0.05, 0.1) is 0 Å². The first kappa shape index (κ1) is 34.7. The Bertz CT molecular complexity index is 2550. The molecule has 7 aromatic rings. The van der Waals surface area contributed by atoms with Crippen molar-refractivity contribution in [3.05, 3.63) is 222 Å². The summed E-state index contributed by atoms with van der Waals surface area (Å²) in [4.78, 5) is 4.66. The van der Waals surface area contributed by atoms with Crippen molar-refractivity contribution in [3.63, 3.8) is 0 Å². The molecule has 0 aliphatic rings. The van der Waals surface area contributed by atoms with E-state index in [2.05, 4.69) is 175 Å². The van der Waals surface area contributed by atoms with Crippen LogP contribution in [0.4, 0.5) is 0 Å². The molecule has 0 aliphatic carbocycles. The number of hydrogen-bond donors (Lipinski definition) is 0. The predicted molar refractivity (Wildman–Crippen MR) is 227 cm³/mol. The maximum absolute atomic E-state index is 6.31. The molecule has 7 rings (SSSR count). The van der Waals surface area contributed by atoms with Crippen LogP contribution in [0.5, 0.6) is 0 Å². The molecule has 0 radical (unpaired) electrons. The third kappa shape index (κ3) is 8.76. The van der Waals surface area contributed by atoms with E-state index < -0.39 is 0 Å².